The molecule has 2 heteroatoms. The van der Waals surface area contributed by atoms with Gasteiger partial charge in [0.1, 0.15) is 0 Å². The molecule has 0 spiro atoms. The van der Waals surface area contributed by atoms with Crippen molar-refractivity contribution in [2.75, 3.05) is 33.2 Å². The van der Waals surface area contributed by atoms with E-state index in [1.807, 2.05) is 0 Å². The van der Waals surface area contributed by atoms with E-state index in [0.29, 0.717) is 0 Å². The molecule has 1 atom stereocenters. The van der Waals surface area contributed by atoms with Crippen LogP contribution in [0.15, 0.2) is 0 Å². The van der Waals surface area contributed by atoms with Crippen molar-refractivity contribution < 1.29 is 0 Å². The first kappa shape index (κ1) is 10.0. The lowest BCUT2D eigenvalue weighted by Gasteiger charge is -2.21. The van der Waals surface area contributed by atoms with Gasteiger partial charge in [-0.05, 0) is 45.3 Å². The van der Waals surface area contributed by atoms with Crippen LogP contribution >= 0.6 is 0 Å². The summed E-state index contributed by atoms with van der Waals surface area (Å²) in [5, 5.41) is 3.46. The molecule has 1 N–H and O–H groups in total. The van der Waals surface area contributed by atoms with Crippen LogP contribution in [0, 0.1) is 5.92 Å². The molecule has 0 saturated carbocycles. The van der Waals surface area contributed by atoms with Crippen LogP contribution in [0.2, 0.25) is 0 Å². The molecule has 1 heterocycles. The second-order valence-electron chi connectivity index (χ2n) is 4.09. The smallest absolute Gasteiger partial charge is 0.0104 e. The Hall–Kier alpha value is -0.0800. The summed E-state index contributed by atoms with van der Waals surface area (Å²) in [7, 11) is 2.22. The van der Waals surface area contributed by atoms with Crippen molar-refractivity contribution >= 4 is 0 Å². The second-order valence-corrected chi connectivity index (χ2v) is 4.09. The average molecular weight is 170 g/mol. The maximum atomic E-state index is 3.46. The molecule has 1 rings (SSSR count). The van der Waals surface area contributed by atoms with Crippen molar-refractivity contribution in [1.29, 1.82) is 0 Å². The van der Waals surface area contributed by atoms with Gasteiger partial charge in [-0.2, -0.15) is 0 Å². The Labute approximate surface area is 76.3 Å². The molecule has 0 radical (unpaired) electrons. The Morgan fingerprint density at radius 1 is 1.17 bits per heavy atom. The number of nitrogens with one attached hydrogen (secondary N) is 1. The van der Waals surface area contributed by atoms with E-state index in [2.05, 4.69) is 24.2 Å². The van der Waals surface area contributed by atoms with E-state index in [4.69, 9.17) is 0 Å². The Kier molecular flexibility index (Phi) is 4.62. The van der Waals surface area contributed by atoms with E-state index in [0.717, 1.165) is 12.5 Å². The molecule has 0 aromatic carbocycles. The van der Waals surface area contributed by atoms with Crippen LogP contribution in [-0.4, -0.2) is 38.1 Å². The third-order valence-corrected chi connectivity index (χ3v) is 2.72. The maximum Gasteiger partial charge on any atom is 0.0104 e. The van der Waals surface area contributed by atoms with E-state index in [-0.39, 0.29) is 0 Å². The highest BCUT2D eigenvalue weighted by molar-refractivity contribution is 4.62. The molecule has 0 aliphatic carbocycles. The average Bonchev–Trinajstić information content (AvgIpc) is 2.07. The van der Waals surface area contributed by atoms with Gasteiger partial charge in [0.05, 0.1) is 0 Å². The SMILES string of the molecule is CC1CCCNCCN(C)CC1. The van der Waals surface area contributed by atoms with E-state index in [1.165, 1.54) is 38.9 Å². The molecule has 1 fully saturated rings. The number of nitrogens with zero attached hydrogens (tertiary/aromatic N) is 1. The molecule has 1 aliphatic rings. The fourth-order valence-electron chi connectivity index (χ4n) is 1.67. The highest BCUT2D eigenvalue weighted by Crippen LogP contribution is 2.10. The minimum Gasteiger partial charge on any atom is -0.315 e. The van der Waals surface area contributed by atoms with Crippen LogP contribution in [0.3, 0.4) is 0 Å². The molecule has 72 valence electrons. The molecule has 0 amide bonds. The highest BCUT2D eigenvalue weighted by atomic mass is 15.1. The summed E-state index contributed by atoms with van der Waals surface area (Å²) < 4.78 is 0. The normalized spacial score (nSPS) is 30.0. The van der Waals surface area contributed by atoms with Gasteiger partial charge in [0.15, 0.2) is 0 Å². The summed E-state index contributed by atoms with van der Waals surface area (Å²) >= 11 is 0. The molecule has 1 saturated heterocycles. The van der Waals surface area contributed by atoms with Gasteiger partial charge in [0.25, 0.3) is 0 Å². The van der Waals surface area contributed by atoms with E-state index in [9.17, 15) is 0 Å². The Bertz CT molecular complexity index is 100. The molecular weight excluding hydrogens is 148 g/mol. The zero-order valence-electron chi connectivity index (χ0n) is 8.47. The number of hydrogen-bond acceptors (Lipinski definition) is 2. The topological polar surface area (TPSA) is 15.3 Å². The minimum absolute atomic E-state index is 0.910. The minimum atomic E-state index is 0.910. The molecule has 12 heavy (non-hydrogen) atoms. The van der Waals surface area contributed by atoms with Crippen molar-refractivity contribution in [3.05, 3.63) is 0 Å². The van der Waals surface area contributed by atoms with Crippen LogP contribution in [0.25, 0.3) is 0 Å². The number of hydrogen-bond donors (Lipinski definition) is 1. The van der Waals surface area contributed by atoms with Crippen LogP contribution < -0.4 is 5.32 Å². The van der Waals surface area contributed by atoms with Gasteiger partial charge in [0.2, 0.25) is 0 Å². The summed E-state index contributed by atoms with van der Waals surface area (Å²) in [5.41, 5.74) is 0. The Morgan fingerprint density at radius 2 is 2.00 bits per heavy atom. The molecule has 0 aromatic rings. The first-order valence-electron chi connectivity index (χ1n) is 5.18. The van der Waals surface area contributed by atoms with Crippen molar-refractivity contribution in [2.45, 2.75) is 26.2 Å². The fraction of sp³-hybridized carbons (Fsp3) is 1.00. The zero-order chi connectivity index (χ0) is 8.81. The Morgan fingerprint density at radius 3 is 2.83 bits per heavy atom. The lowest BCUT2D eigenvalue weighted by Crippen LogP contribution is -2.32. The lowest BCUT2D eigenvalue weighted by molar-refractivity contribution is 0.287. The maximum absolute atomic E-state index is 3.46. The molecule has 0 bridgehead atoms. The standard InChI is InChI=1S/C10H22N2/c1-10-4-3-6-11-7-9-12(2)8-5-10/h10-11H,3-9H2,1-2H3. The van der Waals surface area contributed by atoms with Crippen molar-refractivity contribution in [3.8, 4) is 0 Å². The molecular formula is C10H22N2. The van der Waals surface area contributed by atoms with Gasteiger partial charge in [-0.3, -0.25) is 0 Å². The number of rotatable bonds is 0. The fourth-order valence-corrected chi connectivity index (χ4v) is 1.67. The van der Waals surface area contributed by atoms with Crippen LogP contribution in [0.1, 0.15) is 26.2 Å². The summed E-state index contributed by atoms with van der Waals surface area (Å²) in [6.45, 7) is 7.20. The van der Waals surface area contributed by atoms with Crippen LogP contribution in [0.5, 0.6) is 0 Å². The lowest BCUT2D eigenvalue weighted by atomic mass is 10.0. The second kappa shape index (κ2) is 5.55. The van der Waals surface area contributed by atoms with Gasteiger partial charge in [-0.1, -0.05) is 6.92 Å². The zero-order valence-corrected chi connectivity index (χ0v) is 8.47. The highest BCUT2D eigenvalue weighted by Gasteiger charge is 2.06. The van der Waals surface area contributed by atoms with Gasteiger partial charge >= 0.3 is 0 Å². The Balaban J connectivity index is 2.23. The summed E-state index contributed by atoms with van der Waals surface area (Å²) in [4.78, 5) is 2.43. The van der Waals surface area contributed by atoms with E-state index < -0.39 is 0 Å². The summed E-state index contributed by atoms with van der Waals surface area (Å²) in [5.74, 6) is 0.910. The van der Waals surface area contributed by atoms with E-state index >= 15 is 0 Å². The number of likely N-dealkylation sites (N-methyl/N-ethyl adjacent to an activating group) is 1. The first-order valence-corrected chi connectivity index (χ1v) is 5.18. The third kappa shape index (κ3) is 4.07. The largest absolute Gasteiger partial charge is 0.315 e. The van der Waals surface area contributed by atoms with Gasteiger partial charge < -0.3 is 10.2 Å². The summed E-state index contributed by atoms with van der Waals surface area (Å²) in [6.07, 6.45) is 4.11. The van der Waals surface area contributed by atoms with Crippen molar-refractivity contribution in [2.24, 2.45) is 5.92 Å². The van der Waals surface area contributed by atoms with Crippen molar-refractivity contribution in [1.82, 2.24) is 10.2 Å². The molecule has 1 unspecified atom stereocenters. The molecule has 1 aliphatic heterocycles. The molecule has 2 nitrogen and oxygen atoms in total. The summed E-state index contributed by atoms with van der Waals surface area (Å²) in [6, 6.07) is 0. The van der Waals surface area contributed by atoms with Crippen molar-refractivity contribution in [3.63, 3.8) is 0 Å². The monoisotopic (exact) mass is 170 g/mol. The van der Waals surface area contributed by atoms with Gasteiger partial charge in [0, 0.05) is 13.1 Å². The van der Waals surface area contributed by atoms with Crippen LogP contribution in [-0.2, 0) is 0 Å². The molecule has 0 aromatic heterocycles. The van der Waals surface area contributed by atoms with E-state index in [1.54, 1.807) is 0 Å². The van der Waals surface area contributed by atoms with Gasteiger partial charge in [-0.25, -0.2) is 0 Å². The van der Waals surface area contributed by atoms with Gasteiger partial charge in [-0.15, -0.1) is 0 Å². The third-order valence-electron chi connectivity index (χ3n) is 2.72. The predicted octanol–water partition coefficient (Wildman–Crippen LogP) is 1.33. The van der Waals surface area contributed by atoms with Crippen LogP contribution in [0.4, 0.5) is 0 Å². The quantitative estimate of drug-likeness (QED) is 0.590. The first-order chi connectivity index (χ1) is 5.79. The predicted molar refractivity (Wildman–Crippen MR) is 53.4 cm³/mol.